The third kappa shape index (κ3) is 7.13. The number of nitrogens with one attached hydrogen (secondary N) is 1. The first-order valence-electron chi connectivity index (χ1n) is 7.87. The van der Waals surface area contributed by atoms with Crippen LogP contribution in [0.3, 0.4) is 0 Å². The Morgan fingerprint density at radius 3 is 2.52 bits per heavy atom. The fourth-order valence-electron chi connectivity index (χ4n) is 2.27. The van der Waals surface area contributed by atoms with Gasteiger partial charge in [0.25, 0.3) is 5.91 Å². The third-order valence-electron chi connectivity index (χ3n) is 3.48. The summed E-state index contributed by atoms with van der Waals surface area (Å²) in [5.41, 5.74) is 0.0973. The molecule has 23 heavy (non-hydrogen) atoms. The lowest BCUT2D eigenvalue weighted by Gasteiger charge is -2.26. The molecule has 1 fully saturated rings. The van der Waals surface area contributed by atoms with Crippen LogP contribution in [0.2, 0.25) is 0 Å². The van der Waals surface area contributed by atoms with Crippen molar-refractivity contribution in [1.82, 2.24) is 15.1 Å². The highest BCUT2D eigenvalue weighted by Crippen LogP contribution is 2.02. The van der Waals surface area contributed by atoms with Crippen LogP contribution in [0.5, 0.6) is 0 Å². The summed E-state index contributed by atoms with van der Waals surface area (Å²) < 4.78 is 5.30. The molecular formula is C17H26N4O2. The fourth-order valence-corrected chi connectivity index (χ4v) is 2.27. The monoisotopic (exact) mass is 318 g/mol. The maximum Gasteiger partial charge on any atom is 0.266 e. The zero-order chi connectivity index (χ0) is 16.9. The molecule has 0 atom stereocenters. The molecule has 0 bridgehead atoms. The van der Waals surface area contributed by atoms with Gasteiger partial charge < -0.3 is 15.0 Å². The van der Waals surface area contributed by atoms with E-state index in [9.17, 15) is 4.79 Å². The first kappa shape index (κ1) is 18.9. The van der Waals surface area contributed by atoms with Crippen molar-refractivity contribution in [3.63, 3.8) is 0 Å². The van der Waals surface area contributed by atoms with Crippen LogP contribution in [0.4, 0.5) is 0 Å². The van der Waals surface area contributed by atoms with Crippen molar-refractivity contribution in [1.29, 1.82) is 5.26 Å². The quantitative estimate of drug-likeness (QED) is 0.281. The second-order valence-corrected chi connectivity index (χ2v) is 5.22. The Morgan fingerprint density at radius 2 is 1.96 bits per heavy atom. The summed E-state index contributed by atoms with van der Waals surface area (Å²) in [6, 6.07) is 1.95. The number of rotatable bonds is 10. The van der Waals surface area contributed by atoms with Crippen LogP contribution in [0.1, 0.15) is 6.42 Å². The third-order valence-corrected chi connectivity index (χ3v) is 3.48. The summed E-state index contributed by atoms with van der Waals surface area (Å²) in [5, 5.41) is 12.2. The first-order valence-corrected chi connectivity index (χ1v) is 7.87. The molecule has 126 valence electrons. The Kier molecular flexibility index (Phi) is 9.45. The lowest BCUT2D eigenvalue weighted by atomic mass is 10.2. The molecule has 1 aliphatic rings. The summed E-state index contributed by atoms with van der Waals surface area (Å²) in [4.78, 5) is 16.1. The number of carbonyl (C=O) groups excluding carboxylic acids is 1. The lowest BCUT2D eigenvalue weighted by molar-refractivity contribution is -0.125. The van der Waals surface area contributed by atoms with E-state index < -0.39 is 0 Å². The number of hydrogen-bond acceptors (Lipinski definition) is 5. The molecule has 1 N–H and O–H groups in total. The zero-order valence-corrected chi connectivity index (χ0v) is 13.7. The number of carbonyl (C=O) groups is 1. The molecule has 1 rings (SSSR count). The highest BCUT2D eigenvalue weighted by Gasteiger charge is 2.15. The van der Waals surface area contributed by atoms with Gasteiger partial charge in [-0.15, -0.1) is 13.2 Å². The molecule has 0 radical (unpaired) electrons. The minimum Gasteiger partial charge on any atom is -0.390 e. The van der Waals surface area contributed by atoms with Gasteiger partial charge in [-0.1, -0.05) is 12.2 Å². The normalized spacial score (nSPS) is 15.5. The average Bonchev–Trinajstić information content (AvgIpc) is 2.58. The van der Waals surface area contributed by atoms with Crippen molar-refractivity contribution in [3.05, 3.63) is 37.1 Å². The maximum absolute atomic E-state index is 12.2. The first-order chi connectivity index (χ1) is 11.2. The molecule has 6 heteroatoms. The largest absolute Gasteiger partial charge is 0.390 e. The van der Waals surface area contributed by atoms with Gasteiger partial charge in [0.2, 0.25) is 0 Å². The molecule has 0 aliphatic carbocycles. The Bertz CT molecular complexity index is 452. The molecule has 0 spiro atoms. The van der Waals surface area contributed by atoms with E-state index in [-0.39, 0.29) is 11.5 Å². The van der Waals surface area contributed by atoms with Crippen LogP contribution < -0.4 is 5.32 Å². The van der Waals surface area contributed by atoms with E-state index in [4.69, 9.17) is 10.00 Å². The molecule has 0 saturated carbocycles. The molecule has 6 nitrogen and oxygen atoms in total. The van der Waals surface area contributed by atoms with E-state index in [1.54, 1.807) is 12.2 Å². The van der Waals surface area contributed by atoms with Crippen molar-refractivity contribution in [2.75, 3.05) is 52.5 Å². The SMILES string of the molecule is C=CCN(CC=C)C(=O)/C(C#N)=C\NCCCN1CCOCC1. The van der Waals surface area contributed by atoms with E-state index in [0.29, 0.717) is 13.1 Å². The van der Waals surface area contributed by atoms with Crippen molar-refractivity contribution in [2.45, 2.75) is 6.42 Å². The van der Waals surface area contributed by atoms with E-state index in [1.165, 1.54) is 11.1 Å². The Balaban J connectivity index is 2.38. The van der Waals surface area contributed by atoms with Gasteiger partial charge in [0.15, 0.2) is 0 Å². The highest BCUT2D eigenvalue weighted by atomic mass is 16.5. The summed E-state index contributed by atoms with van der Waals surface area (Å²) in [5.74, 6) is -0.312. The molecule has 1 saturated heterocycles. The van der Waals surface area contributed by atoms with Gasteiger partial charge in [-0.3, -0.25) is 9.69 Å². The van der Waals surface area contributed by atoms with Crippen LogP contribution >= 0.6 is 0 Å². The molecule has 0 unspecified atom stereocenters. The van der Waals surface area contributed by atoms with Crippen LogP contribution in [-0.4, -0.2) is 68.2 Å². The van der Waals surface area contributed by atoms with Gasteiger partial charge in [0.05, 0.1) is 13.2 Å². The number of amides is 1. The summed E-state index contributed by atoms with van der Waals surface area (Å²) in [7, 11) is 0. The van der Waals surface area contributed by atoms with Crippen LogP contribution in [0, 0.1) is 11.3 Å². The molecule has 1 amide bonds. The average molecular weight is 318 g/mol. The summed E-state index contributed by atoms with van der Waals surface area (Å²) >= 11 is 0. The maximum atomic E-state index is 12.2. The zero-order valence-electron chi connectivity index (χ0n) is 13.7. The molecule has 0 aromatic rings. The minimum absolute atomic E-state index is 0.0973. The van der Waals surface area contributed by atoms with Gasteiger partial charge in [-0.05, 0) is 13.0 Å². The van der Waals surface area contributed by atoms with E-state index >= 15 is 0 Å². The fraction of sp³-hybridized carbons (Fsp3) is 0.529. The molecule has 1 heterocycles. The molecular weight excluding hydrogens is 292 g/mol. The predicted molar refractivity (Wildman–Crippen MR) is 90.5 cm³/mol. The van der Waals surface area contributed by atoms with E-state index in [0.717, 1.165) is 45.8 Å². The molecule has 0 aromatic heterocycles. The van der Waals surface area contributed by atoms with Crippen molar-refractivity contribution >= 4 is 5.91 Å². The lowest BCUT2D eigenvalue weighted by Crippen LogP contribution is -2.37. The Hall–Kier alpha value is -2.10. The smallest absolute Gasteiger partial charge is 0.266 e. The summed E-state index contributed by atoms with van der Waals surface area (Å²) in [6.45, 7) is 13.3. The highest BCUT2D eigenvalue weighted by molar-refractivity contribution is 5.97. The summed E-state index contributed by atoms with van der Waals surface area (Å²) in [6.07, 6.45) is 5.71. The van der Waals surface area contributed by atoms with Crippen LogP contribution in [0.25, 0.3) is 0 Å². The van der Waals surface area contributed by atoms with E-state index in [1.807, 2.05) is 6.07 Å². The number of morpholine rings is 1. The van der Waals surface area contributed by atoms with Crippen molar-refractivity contribution < 1.29 is 9.53 Å². The number of hydrogen-bond donors (Lipinski definition) is 1. The van der Waals surface area contributed by atoms with Gasteiger partial charge in [-0.2, -0.15) is 5.26 Å². The molecule has 0 aromatic carbocycles. The van der Waals surface area contributed by atoms with Crippen LogP contribution in [0.15, 0.2) is 37.1 Å². The number of ether oxygens (including phenoxy) is 1. The topological polar surface area (TPSA) is 68.6 Å². The number of nitrogens with zero attached hydrogens (tertiary/aromatic N) is 3. The second kappa shape index (κ2) is 11.5. The van der Waals surface area contributed by atoms with E-state index in [2.05, 4.69) is 23.4 Å². The van der Waals surface area contributed by atoms with Gasteiger partial charge in [0.1, 0.15) is 11.6 Å². The molecule has 1 aliphatic heterocycles. The van der Waals surface area contributed by atoms with Crippen molar-refractivity contribution in [2.24, 2.45) is 0 Å². The standard InChI is InChI=1S/C17H26N4O2/c1-3-7-21(8-4-2)17(22)16(14-18)15-19-6-5-9-20-10-12-23-13-11-20/h3-4,15,19H,1-2,5-13H2/b16-15-. The Morgan fingerprint density at radius 1 is 1.30 bits per heavy atom. The minimum atomic E-state index is -0.312. The van der Waals surface area contributed by atoms with Gasteiger partial charge in [0, 0.05) is 38.9 Å². The van der Waals surface area contributed by atoms with Crippen LogP contribution in [-0.2, 0) is 9.53 Å². The second-order valence-electron chi connectivity index (χ2n) is 5.22. The van der Waals surface area contributed by atoms with Gasteiger partial charge in [-0.25, -0.2) is 0 Å². The Labute approximate surface area is 138 Å². The number of nitriles is 1. The van der Waals surface area contributed by atoms with Gasteiger partial charge >= 0.3 is 0 Å². The van der Waals surface area contributed by atoms with Crippen molar-refractivity contribution in [3.8, 4) is 6.07 Å². The predicted octanol–water partition coefficient (Wildman–Crippen LogP) is 0.906.